The van der Waals surface area contributed by atoms with Crippen molar-refractivity contribution in [2.24, 2.45) is 0 Å². The first-order chi connectivity index (χ1) is 9.31. The zero-order valence-electron chi connectivity index (χ0n) is 11.1. The van der Waals surface area contributed by atoms with Crippen LogP contribution < -0.4 is 5.32 Å². The van der Waals surface area contributed by atoms with E-state index in [1.807, 2.05) is 22.7 Å². The van der Waals surface area contributed by atoms with E-state index >= 15 is 0 Å². The van der Waals surface area contributed by atoms with E-state index in [-0.39, 0.29) is 5.91 Å². The van der Waals surface area contributed by atoms with Crippen LogP contribution in [0.15, 0.2) is 24.1 Å². The highest BCUT2D eigenvalue weighted by atomic mass is 32.2. The highest BCUT2D eigenvalue weighted by molar-refractivity contribution is 7.99. The molecular formula is C14H20N2OS2. The van der Waals surface area contributed by atoms with Crippen molar-refractivity contribution in [1.29, 1.82) is 0 Å². The van der Waals surface area contributed by atoms with Crippen LogP contribution in [0.5, 0.6) is 0 Å². The number of carbonyl (C=O) groups excluding carboxylic acids is 1. The number of thioether (sulfide) groups is 1. The van der Waals surface area contributed by atoms with Crippen LogP contribution in [0, 0.1) is 0 Å². The van der Waals surface area contributed by atoms with Crippen molar-refractivity contribution in [1.82, 2.24) is 10.2 Å². The van der Waals surface area contributed by atoms with Crippen LogP contribution in [0.1, 0.15) is 10.4 Å². The molecule has 104 valence electrons. The van der Waals surface area contributed by atoms with E-state index in [1.54, 1.807) is 11.3 Å². The standard InChI is InChI=1S/C14H20N2OS2/c1-2-7-18-9-5-15-10-14(17)16-6-3-13-12(11-16)4-8-19-13/h2,4,8,15H,1,3,5-7,9-11H2. The molecule has 1 aliphatic rings. The summed E-state index contributed by atoms with van der Waals surface area (Å²) in [6, 6.07) is 2.14. The molecule has 0 fully saturated rings. The summed E-state index contributed by atoms with van der Waals surface area (Å²) in [6.45, 7) is 6.65. The zero-order valence-corrected chi connectivity index (χ0v) is 12.7. The number of thiophene rings is 1. The molecule has 5 heteroatoms. The van der Waals surface area contributed by atoms with Gasteiger partial charge >= 0.3 is 0 Å². The SMILES string of the molecule is C=CCSCCNCC(=O)N1CCc2sccc2C1. The van der Waals surface area contributed by atoms with Crippen molar-refractivity contribution in [3.05, 3.63) is 34.5 Å². The lowest BCUT2D eigenvalue weighted by Gasteiger charge is -2.27. The van der Waals surface area contributed by atoms with Gasteiger partial charge in [0.2, 0.25) is 5.91 Å². The molecule has 1 aliphatic heterocycles. The molecule has 0 aromatic carbocycles. The first-order valence-electron chi connectivity index (χ1n) is 6.53. The van der Waals surface area contributed by atoms with Gasteiger partial charge in [0, 0.05) is 36.0 Å². The van der Waals surface area contributed by atoms with Gasteiger partial charge in [-0.3, -0.25) is 4.79 Å². The number of carbonyl (C=O) groups is 1. The topological polar surface area (TPSA) is 32.3 Å². The van der Waals surface area contributed by atoms with Gasteiger partial charge in [-0.25, -0.2) is 0 Å². The Morgan fingerprint density at radius 1 is 1.63 bits per heavy atom. The van der Waals surface area contributed by atoms with Gasteiger partial charge in [0.1, 0.15) is 0 Å². The Hall–Kier alpha value is -0.780. The normalized spacial score (nSPS) is 14.2. The van der Waals surface area contributed by atoms with Gasteiger partial charge in [-0.2, -0.15) is 11.8 Å². The zero-order chi connectivity index (χ0) is 13.5. The third-order valence-electron chi connectivity index (χ3n) is 3.10. The van der Waals surface area contributed by atoms with E-state index < -0.39 is 0 Å². The molecular weight excluding hydrogens is 276 g/mol. The van der Waals surface area contributed by atoms with Crippen LogP contribution in [0.25, 0.3) is 0 Å². The molecule has 19 heavy (non-hydrogen) atoms. The van der Waals surface area contributed by atoms with Crippen molar-refractivity contribution in [2.45, 2.75) is 13.0 Å². The van der Waals surface area contributed by atoms with Gasteiger partial charge in [-0.15, -0.1) is 17.9 Å². The van der Waals surface area contributed by atoms with Crippen LogP contribution in [-0.4, -0.2) is 41.9 Å². The fourth-order valence-corrected chi connectivity index (χ4v) is 3.59. The molecule has 3 nitrogen and oxygen atoms in total. The maximum Gasteiger partial charge on any atom is 0.236 e. The number of hydrogen-bond donors (Lipinski definition) is 1. The molecule has 1 amide bonds. The van der Waals surface area contributed by atoms with E-state index in [2.05, 4.69) is 23.3 Å². The van der Waals surface area contributed by atoms with Gasteiger partial charge in [-0.05, 0) is 23.4 Å². The van der Waals surface area contributed by atoms with Gasteiger partial charge in [0.05, 0.1) is 6.54 Å². The Morgan fingerprint density at radius 3 is 3.37 bits per heavy atom. The average molecular weight is 296 g/mol. The maximum atomic E-state index is 12.1. The molecule has 2 rings (SSSR count). The first kappa shape index (κ1) is 14.6. The Morgan fingerprint density at radius 2 is 2.53 bits per heavy atom. The van der Waals surface area contributed by atoms with Crippen LogP contribution in [-0.2, 0) is 17.8 Å². The number of amides is 1. The predicted octanol–water partition coefficient (Wildman–Crippen LogP) is 2.14. The summed E-state index contributed by atoms with van der Waals surface area (Å²) in [5.41, 5.74) is 1.33. The molecule has 0 saturated carbocycles. The monoisotopic (exact) mass is 296 g/mol. The van der Waals surface area contributed by atoms with Crippen LogP contribution in [0.3, 0.4) is 0 Å². The van der Waals surface area contributed by atoms with Crippen molar-refractivity contribution < 1.29 is 4.79 Å². The molecule has 1 aromatic rings. The lowest BCUT2D eigenvalue weighted by atomic mass is 10.1. The minimum absolute atomic E-state index is 0.213. The highest BCUT2D eigenvalue weighted by Crippen LogP contribution is 2.23. The molecule has 2 heterocycles. The van der Waals surface area contributed by atoms with Crippen molar-refractivity contribution in [3.8, 4) is 0 Å². The summed E-state index contributed by atoms with van der Waals surface area (Å²) in [4.78, 5) is 15.5. The molecule has 0 aliphatic carbocycles. The van der Waals surface area contributed by atoms with Crippen LogP contribution in [0.4, 0.5) is 0 Å². The largest absolute Gasteiger partial charge is 0.337 e. The Bertz CT molecular complexity index is 431. The summed E-state index contributed by atoms with van der Waals surface area (Å²) in [6.07, 6.45) is 2.91. The lowest BCUT2D eigenvalue weighted by Crippen LogP contribution is -2.41. The highest BCUT2D eigenvalue weighted by Gasteiger charge is 2.20. The van der Waals surface area contributed by atoms with Gasteiger partial charge in [0.15, 0.2) is 0 Å². The second kappa shape index (κ2) is 7.72. The fraction of sp³-hybridized carbons (Fsp3) is 0.500. The Balaban J connectivity index is 1.66. The first-order valence-corrected chi connectivity index (χ1v) is 8.57. The van der Waals surface area contributed by atoms with E-state index in [9.17, 15) is 4.79 Å². The number of hydrogen-bond acceptors (Lipinski definition) is 4. The van der Waals surface area contributed by atoms with E-state index in [0.29, 0.717) is 6.54 Å². The fourth-order valence-electron chi connectivity index (χ4n) is 2.08. The summed E-state index contributed by atoms with van der Waals surface area (Å²) in [5, 5.41) is 5.33. The van der Waals surface area contributed by atoms with Gasteiger partial charge in [0.25, 0.3) is 0 Å². The number of nitrogens with zero attached hydrogens (tertiary/aromatic N) is 1. The second-order valence-electron chi connectivity index (χ2n) is 4.47. The molecule has 0 bridgehead atoms. The van der Waals surface area contributed by atoms with Crippen molar-refractivity contribution in [3.63, 3.8) is 0 Å². The summed E-state index contributed by atoms with van der Waals surface area (Å²) in [7, 11) is 0. The van der Waals surface area contributed by atoms with Crippen molar-refractivity contribution in [2.75, 3.05) is 31.1 Å². The predicted molar refractivity (Wildman–Crippen MR) is 83.8 cm³/mol. The summed E-state index contributed by atoms with van der Waals surface area (Å²) < 4.78 is 0. The van der Waals surface area contributed by atoms with E-state index in [0.717, 1.165) is 37.6 Å². The van der Waals surface area contributed by atoms with Gasteiger partial charge in [-0.1, -0.05) is 6.08 Å². The van der Waals surface area contributed by atoms with Gasteiger partial charge < -0.3 is 10.2 Å². The molecule has 0 atom stereocenters. The number of rotatable bonds is 7. The maximum absolute atomic E-state index is 12.1. The smallest absolute Gasteiger partial charge is 0.236 e. The molecule has 0 unspecified atom stereocenters. The molecule has 1 aromatic heterocycles. The Labute approximate surface area is 123 Å². The summed E-state index contributed by atoms with van der Waals surface area (Å²) in [5.74, 6) is 2.21. The third kappa shape index (κ3) is 4.37. The Kier molecular flexibility index (Phi) is 5.94. The van der Waals surface area contributed by atoms with E-state index in [1.165, 1.54) is 10.4 Å². The number of fused-ring (bicyclic) bond motifs is 1. The second-order valence-corrected chi connectivity index (χ2v) is 6.63. The molecule has 0 radical (unpaired) electrons. The minimum Gasteiger partial charge on any atom is -0.337 e. The number of nitrogens with one attached hydrogen (secondary N) is 1. The van der Waals surface area contributed by atoms with Crippen LogP contribution in [0.2, 0.25) is 0 Å². The average Bonchev–Trinajstić information content (AvgIpc) is 2.89. The lowest BCUT2D eigenvalue weighted by molar-refractivity contribution is -0.131. The van der Waals surface area contributed by atoms with Crippen LogP contribution >= 0.6 is 23.1 Å². The van der Waals surface area contributed by atoms with E-state index in [4.69, 9.17) is 0 Å². The molecule has 0 saturated heterocycles. The molecule has 0 spiro atoms. The minimum atomic E-state index is 0.213. The van der Waals surface area contributed by atoms with Crippen molar-refractivity contribution >= 4 is 29.0 Å². The summed E-state index contributed by atoms with van der Waals surface area (Å²) >= 11 is 3.63. The quantitative estimate of drug-likeness (QED) is 0.618. The molecule has 1 N–H and O–H groups in total. The third-order valence-corrected chi connectivity index (χ3v) is 5.08.